The third-order valence-electron chi connectivity index (χ3n) is 4.44. The summed E-state index contributed by atoms with van der Waals surface area (Å²) in [5.74, 6) is 0.0436. The van der Waals surface area contributed by atoms with Gasteiger partial charge in [-0.05, 0) is 37.0 Å². The number of alkyl halides is 3. The van der Waals surface area contributed by atoms with Crippen molar-refractivity contribution in [2.45, 2.75) is 25.6 Å². The Labute approximate surface area is 147 Å². The van der Waals surface area contributed by atoms with Crippen molar-refractivity contribution >= 4 is 5.69 Å². The molecule has 2 aromatic rings. The summed E-state index contributed by atoms with van der Waals surface area (Å²) < 4.78 is 39.2. The van der Waals surface area contributed by atoms with Crippen LogP contribution in [0.4, 0.5) is 18.9 Å². The van der Waals surface area contributed by atoms with Gasteiger partial charge in [-0.25, -0.2) is 9.67 Å². The fourth-order valence-corrected chi connectivity index (χ4v) is 3.07. The molecule has 3 rings (SSSR count). The van der Waals surface area contributed by atoms with E-state index in [2.05, 4.69) is 16.2 Å². The van der Waals surface area contributed by atoms with Crippen LogP contribution in [0.3, 0.4) is 0 Å². The molecule has 0 saturated carbocycles. The number of rotatable bonds is 3. The van der Waals surface area contributed by atoms with Gasteiger partial charge in [-0.15, -0.1) is 0 Å². The molecule has 0 atom stereocenters. The van der Waals surface area contributed by atoms with Crippen LogP contribution >= 0.6 is 0 Å². The van der Waals surface area contributed by atoms with Gasteiger partial charge in [0, 0.05) is 31.9 Å². The molecule has 1 fully saturated rings. The number of anilines is 1. The first-order chi connectivity index (χ1) is 12.4. The molecular formula is C17H16F3N5O. The van der Waals surface area contributed by atoms with Crippen molar-refractivity contribution in [3.05, 3.63) is 52.2 Å². The Morgan fingerprint density at radius 3 is 2.62 bits per heavy atom. The molecule has 9 heteroatoms. The number of halogens is 3. The second-order valence-electron chi connectivity index (χ2n) is 6.15. The van der Waals surface area contributed by atoms with Gasteiger partial charge in [-0.3, -0.25) is 4.79 Å². The average Bonchev–Trinajstić information content (AvgIpc) is 2.63. The van der Waals surface area contributed by atoms with E-state index in [1.807, 2.05) is 11.0 Å². The van der Waals surface area contributed by atoms with Crippen LogP contribution in [0.5, 0.6) is 0 Å². The monoisotopic (exact) mass is 363 g/mol. The first kappa shape index (κ1) is 17.9. The van der Waals surface area contributed by atoms with Gasteiger partial charge >= 0.3 is 6.18 Å². The molecule has 3 heterocycles. The summed E-state index contributed by atoms with van der Waals surface area (Å²) in [6.45, 7) is 1.42. The molecule has 1 aliphatic heterocycles. The summed E-state index contributed by atoms with van der Waals surface area (Å²) in [5, 5.41) is 12.6. The quantitative estimate of drug-likeness (QED) is 0.837. The SMILES string of the molecule is N#Cc1ncccc1N1CCC(Cn2nc(C(F)(F)F)ccc2=O)CC1. The van der Waals surface area contributed by atoms with Gasteiger partial charge in [0.2, 0.25) is 0 Å². The maximum atomic E-state index is 12.8. The van der Waals surface area contributed by atoms with Crippen molar-refractivity contribution in [2.75, 3.05) is 18.0 Å². The second-order valence-corrected chi connectivity index (χ2v) is 6.15. The van der Waals surface area contributed by atoms with Crippen LogP contribution in [0.15, 0.2) is 35.3 Å². The van der Waals surface area contributed by atoms with Gasteiger partial charge in [-0.2, -0.15) is 23.5 Å². The lowest BCUT2D eigenvalue weighted by molar-refractivity contribution is -0.142. The Morgan fingerprint density at radius 2 is 1.96 bits per heavy atom. The van der Waals surface area contributed by atoms with Crippen LogP contribution < -0.4 is 10.5 Å². The van der Waals surface area contributed by atoms with Gasteiger partial charge < -0.3 is 4.90 Å². The van der Waals surface area contributed by atoms with Crippen LogP contribution in [0.25, 0.3) is 0 Å². The van der Waals surface area contributed by atoms with Crippen LogP contribution in [-0.4, -0.2) is 27.9 Å². The highest BCUT2D eigenvalue weighted by Crippen LogP contribution is 2.27. The molecule has 0 amide bonds. The van der Waals surface area contributed by atoms with Crippen LogP contribution in [0.2, 0.25) is 0 Å². The van der Waals surface area contributed by atoms with E-state index in [0.717, 1.165) is 16.4 Å². The lowest BCUT2D eigenvalue weighted by Gasteiger charge is -2.33. The van der Waals surface area contributed by atoms with Gasteiger partial charge in [0.25, 0.3) is 5.56 Å². The molecule has 0 aromatic carbocycles. The van der Waals surface area contributed by atoms with Crippen LogP contribution in [-0.2, 0) is 12.7 Å². The number of nitrogens with zero attached hydrogens (tertiary/aromatic N) is 5. The zero-order valence-corrected chi connectivity index (χ0v) is 13.8. The fraction of sp³-hybridized carbons (Fsp3) is 0.412. The minimum absolute atomic E-state index is 0.0436. The lowest BCUT2D eigenvalue weighted by Crippen LogP contribution is -2.37. The highest BCUT2D eigenvalue weighted by Gasteiger charge is 2.33. The van der Waals surface area contributed by atoms with Crippen molar-refractivity contribution in [2.24, 2.45) is 5.92 Å². The number of nitriles is 1. The molecule has 1 saturated heterocycles. The molecule has 0 radical (unpaired) electrons. The molecular weight excluding hydrogens is 347 g/mol. The summed E-state index contributed by atoms with van der Waals surface area (Å²) in [6.07, 6.45) is -1.65. The minimum atomic E-state index is -4.58. The molecule has 0 N–H and O–H groups in total. The number of hydrogen-bond donors (Lipinski definition) is 0. The maximum absolute atomic E-state index is 12.8. The molecule has 0 bridgehead atoms. The van der Waals surface area contributed by atoms with E-state index < -0.39 is 17.4 Å². The van der Waals surface area contributed by atoms with E-state index in [0.29, 0.717) is 37.7 Å². The average molecular weight is 363 g/mol. The number of pyridine rings is 1. The minimum Gasteiger partial charge on any atom is -0.369 e. The van der Waals surface area contributed by atoms with E-state index in [1.165, 1.54) is 0 Å². The Bertz CT molecular complexity index is 879. The lowest BCUT2D eigenvalue weighted by atomic mass is 9.96. The Kier molecular flexibility index (Phi) is 4.93. The van der Waals surface area contributed by atoms with Crippen LogP contribution in [0.1, 0.15) is 24.2 Å². The second kappa shape index (κ2) is 7.15. The van der Waals surface area contributed by atoms with Gasteiger partial charge in [-0.1, -0.05) is 0 Å². The summed E-state index contributed by atoms with van der Waals surface area (Å²) in [5.41, 5.74) is -0.507. The zero-order valence-electron chi connectivity index (χ0n) is 13.8. The summed E-state index contributed by atoms with van der Waals surface area (Å²) in [7, 11) is 0. The zero-order chi connectivity index (χ0) is 18.7. The molecule has 0 aliphatic carbocycles. The van der Waals surface area contributed by atoms with E-state index in [9.17, 15) is 18.0 Å². The number of piperidine rings is 1. The first-order valence-corrected chi connectivity index (χ1v) is 8.14. The van der Waals surface area contributed by atoms with Gasteiger partial charge in [0.15, 0.2) is 11.4 Å². The fourth-order valence-electron chi connectivity index (χ4n) is 3.07. The molecule has 1 aliphatic rings. The predicted molar refractivity (Wildman–Crippen MR) is 87.4 cm³/mol. The molecule has 0 spiro atoms. The normalized spacial score (nSPS) is 15.7. The highest BCUT2D eigenvalue weighted by atomic mass is 19.4. The predicted octanol–water partition coefficient (Wildman–Crippen LogP) is 2.45. The highest BCUT2D eigenvalue weighted by molar-refractivity contribution is 5.55. The van der Waals surface area contributed by atoms with Gasteiger partial charge in [0.05, 0.1) is 5.69 Å². The molecule has 26 heavy (non-hydrogen) atoms. The largest absolute Gasteiger partial charge is 0.435 e. The number of hydrogen-bond acceptors (Lipinski definition) is 5. The van der Waals surface area contributed by atoms with E-state index >= 15 is 0 Å². The molecule has 136 valence electrons. The third-order valence-corrected chi connectivity index (χ3v) is 4.44. The Balaban J connectivity index is 1.68. The van der Waals surface area contributed by atoms with E-state index in [-0.39, 0.29) is 12.5 Å². The Hall–Kier alpha value is -2.89. The first-order valence-electron chi connectivity index (χ1n) is 8.14. The van der Waals surface area contributed by atoms with E-state index in [4.69, 9.17) is 5.26 Å². The van der Waals surface area contributed by atoms with Crippen molar-refractivity contribution in [1.82, 2.24) is 14.8 Å². The standard InChI is InChI=1S/C17H16F3N5O/c18-17(19,20)15-3-4-16(26)25(23-15)11-12-5-8-24(9-6-12)14-2-1-7-22-13(14)10-21/h1-4,7,12H,5-6,8-9,11H2. The van der Waals surface area contributed by atoms with Crippen molar-refractivity contribution in [1.29, 1.82) is 5.26 Å². The third kappa shape index (κ3) is 3.85. The maximum Gasteiger partial charge on any atom is 0.435 e. The summed E-state index contributed by atoms with van der Waals surface area (Å²) in [4.78, 5) is 17.9. The molecule has 6 nitrogen and oxygen atoms in total. The van der Waals surface area contributed by atoms with Gasteiger partial charge in [0.1, 0.15) is 6.07 Å². The number of aromatic nitrogens is 3. The topological polar surface area (TPSA) is 74.8 Å². The van der Waals surface area contributed by atoms with Crippen molar-refractivity contribution in [3.8, 4) is 6.07 Å². The molecule has 2 aromatic heterocycles. The Morgan fingerprint density at radius 1 is 1.23 bits per heavy atom. The smallest absolute Gasteiger partial charge is 0.369 e. The summed E-state index contributed by atoms with van der Waals surface area (Å²) in [6, 6.07) is 7.24. The summed E-state index contributed by atoms with van der Waals surface area (Å²) >= 11 is 0. The van der Waals surface area contributed by atoms with Crippen molar-refractivity contribution < 1.29 is 13.2 Å². The van der Waals surface area contributed by atoms with E-state index in [1.54, 1.807) is 12.3 Å². The van der Waals surface area contributed by atoms with Crippen LogP contribution in [0, 0.1) is 17.2 Å². The molecule has 0 unspecified atom stereocenters. The van der Waals surface area contributed by atoms with Crippen molar-refractivity contribution in [3.63, 3.8) is 0 Å².